The van der Waals surface area contributed by atoms with Crippen LogP contribution in [0.1, 0.15) is 10.6 Å². The molecule has 7 heteroatoms. The van der Waals surface area contributed by atoms with Gasteiger partial charge in [0.05, 0.1) is 11.9 Å². The maximum atomic E-state index is 11.8. The van der Waals surface area contributed by atoms with Gasteiger partial charge in [0.15, 0.2) is 5.78 Å². The lowest BCUT2D eigenvalue weighted by molar-refractivity contribution is -0.119. The summed E-state index contributed by atoms with van der Waals surface area (Å²) < 4.78 is 2.53. The Kier molecular flexibility index (Phi) is 4.03. The number of hydrogen-bond donors (Lipinski definition) is 1. The number of nitrogens with zero attached hydrogens (tertiary/aromatic N) is 3. The Bertz CT molecular complexity index is 522. The monoisotopic (exact) mass is 314 g/mol. The van der Waals surface area contributed by atoms with Crippen LogP contribution in [-0.4, -0.2) is 20.8 Å². The van der Waals surface area contributed by atoms with Crippen molar-refractivity contribution >= 4 is 33.0 Å². The molecule has 2 heterocycles. The van der Waals surface area contributed by atoms with Gasteiger partial charge in [0.25, 0.3) is 0 Å². The van der Waals surface area contributed by atoms with Crippen molar-refractivity contribution in [3.05, 3.63) is 32.7 Å². The Morgan fingerprint density at radius 2 is 2.41 bits per heavy atom. The first-order valence-electron chi connectivity index (χ1n) is 5.01. The molecule has 0 saturated carbocycles. The minimum Gasteiger partial charge on any atom is -0.325 e. The van der Waals surface area contributed by atoms with Crippen molar-refractivity contribution in [2.45, 2.75) is 19.5 Å². The summed E-state index contributed by atoms with van der Waals surface area (Å²) >= 11 is 4.92. The number of rotatable bonds is 5. The van der Waals surface area contributed by atoms with Gasteiger partial charge < -0.3 is 5.73 Å². The second-order valence-corrected chi connectivity index (χ2v) is 5.47. The van der Waals surface area contributed by atoms with Gasteiger partial charge in [0, 0.05) is 27.7 Å². The van der Waals surface area contributed by atoms with E-state index in [1.807, 2.05) is 11.4 Å². The summed E-state index contributed by atoms with van der Waals surface area (Å²) in [6.07, 6.45) is 2.12. The predicted molar refractivity (Wildman–Crippen MR) is 68.6 cm³/mol. The van der Waals surface area contributed by atoms with Crippen LogP contribution in [0.2, 0.25) is 0 Å². The summed E-state index contributed by atoms with van der Waals surface area (Å²) in [6.45, 7) is 0.578. The number of halogens is 1. The lowest BCUT2D eigenvalue weighted by Gasteiger charge is -1.98. The zero-order valence-corrected chi connectivity index (χ0v) is 11.4. The van der Waals surface area contributed by atoms with E-state index in [9.17, 15) is 4.79 Å². The maximum Gasteiger partial charge on any atom is 0.159 e. The molecular weight excluding hydrogens is 304 g/mol. The molecule has 0 aliphatic carbocycles. The first kappa shape index (κ1) is 12.4. The normalized spacial score (nSPS) is 10.7. The molecule has 0 bridgehead atoms. The molecule has 90 valence electrons. The molecule has 0 aliphatic rings. The van der Waals surface area contributed by atoms with Crippen LogP contribution in [0.25, 0.3) is 0 Å². The SMILES string of the molecule is NCc1cn(CC(=O)Cc2cc(Br)cs2)nn1. The van der Waals surface area contributed by atoms with Crippen LogP contribution in [0.4, 0.5) is 0 Å². The van der Waals surface area contributed by atoms with Crippen LogP contribution in [-0.2, 0) is 24.3 Å². The van der Waals surface area contributed by atoms with Crippen LogP contribution in [0, 0.1) is 0 Å². The van der Waals surface area contributed by atoms with E-state index in [2.05, 4.69) is 26.2 Å². The van der Waals surface area contributed by atoms with Crippen molar-refractivity contribution in [1.29, 1.82) is 0 Å². The van der Waals surface area contributed by atoms with E-state index < -0.39 is 0 Å². The molecule has 0 spiro atoms. The van der Waals surface area contributed by atoms with Crippen LogP contribution in [0.5, 0.6) is 0 Å². The Morgan fingerprint density at radius 3 is 3.00 bits per heavy atom. The fraction of sp³-hybridized carbons (Fsp3) is 0.300. The average Bonchev–Trinajstić information content (AvgIpc) is 2.88. The quantitative estimate of drug-likeness (QED) is 0.904. The van der Waals surface area contributed by atoms with E-state index in [-0.39, 0.29) is 12.3 Å². The average molecular weight is 315 g/mol. The minimum atomic E-state index is 0.104. The number of Topliss-reactive ketones (excluding diaryl/α,β-unsaturated/α-hetero) is 1. The van der Waals surface area contributed by atoms with Crippen molar-refractivity contribution in [2.24, 2.45) is 5.73 Å². The summed E-state index contributed by atoms with van der Waals surface area (Å²) in [7, 11) is 0. The molecule has 0 unspecified atom stereocenters. The highest BCUT2D eigenvalue weighted by atomic mass is 79.9. The number of thiophene rings is 1. The molecule has 5 nitrogen and oxygen atoms in total. The third-order valence-electron chi connectivity index (χ3n) is 2.13. The smallest absolute Gasteiger partial charge is 0.159 e. The number of nitrogens with two attached hydrogens (primary N) is 1. The standard InChI is InChI=1S/C10H11BrN4OS/c11-7-1-10(17-6-7)2-9(16)5-15-4-8(3-12)13-14-15/h1,4,6H,2-3,5,12H2. The van der Waals surface area contributed by atoms with E-state index in [1.165, 1.54) is 4.68 Å². The summed E-state index contributed by atoms with van der Waals surface area (Å²) in [4.78, 5) is 12.8. The number of ketones is 1. The molecule has 0 atom stereocenters. The summed E-state index contributed by atoms with van der Waals surface area (Å²) in [5.41, 5.74) is 6.11. The summed E-state index contributed by atoms with van der Waals surface area (Å²) in [6, 6.07) is 1.95. The first-order valence-corrected chi connectivity index (χ1v) is 6.68. The Hall–Kier alpha value is -1.05. The zero-order chi connectivity index (χ0) is 12.3. The third kappa shape index (κ3) is 3.45. The van der Waals surface area contributed by atoms with E-state index in [1.54, 1.807) is 17.5 Å². The van der Waals surface area contributed by atoms with E-state index >= 15 is 0 Å². The topological polar surface area (TPSA) is 73.8 Å². The van der Waals surface area contributed by atoms with E-state index in [0.29, 0.717) is 18.7 Å². The van der Waals surface area contributed by atoms with Gasteiger partial charge in [-0.3, -0.25) is 4.79 Å². The first-order chi connectivity index (χ1) is 8.17. The van der Waals surface area contributed by atoms with Crippen molar-refractivity contribution in [1.82, 2.24) is 15.0 Å². The highest BCUT2D eigenvalue weighted by Crippen LogP contribution is 2.20. The molecule has 2 aromatic rings. The second-order valence-electron chi connectivity index (χ2n) is 3.56. The molecule has 2 rings (SSSR count). The lowest BCUT2D eigenvalue weighted by atomic mass is 10.2. The number of carbonyl (C=O) groups excluding carboxylic acids is 1. The molecule has 0 radical (unpaired) electrons. The van der Waals surface area contributed by atoms with Gasteiger partial charge in [-0.15, -0.1) is 16.4 Å². The van der Waals surface area contributed by atoms with Crippen molar-refractivity contribution in [3.63, 3.8) is 0 Å². The molecule has 2 N–H and O–H groups in total. The van der Waals surface area contributed by atoms with Crippen LogP contribution >= 0.6 is 27.3 Å². The molecule has 17 heavy (non-hydrogen) atoms. The van der Waals surface area contributed by atoms with E-state index in [0.717, 1.165) is 9.35 Å². The molecule has 0 aromatic carbocycles. The van der Waals surface area contributed by atoms with Gasteiger partial charge >= 0.3 is 0 Å². The van der Waals surface area contributed by atoms with Crippen molar-refractivity contribution in [2.75, 3.05) is 0 Å². The number of carbonyl (C=O) groups is 1. The van der Waals surface area contributed by atoms with Gasteiger partial charge in [-0.25, -0.2) is 4.68 Å². The highest BCUT2D eigenvalue weighted by molar-refractivity contribution is 9.10. The van der Waals surface area contributed by atoms with Crippen LogP contribution in [0.3, 0.4) is 0 Å². The highest BCUT2D eigenvalue weighted by Gasteiger charge is 2.08. The second kappa shape index (κ2) is 5.52. The third-order valence-corrected chi connectivity index (χ3v) is 3.82. The van der Waals surface area contributed by atoms with Crippen molar-refractivity contribution < 1.29 is 4.79 Å². The molecule has 2 aromatic heterocycles. The van der Waals surface area contributed by atoms with Gasteiger partial charge in [0.2, 0.25) is 0 Å². The molecule has 0 fully saturated rings. The van der Waals surface area contributed by atoms with E-state index in [4.69, 9.17) is 5.73 Å². The number of hydrogen-bond acceptors (Lipinski definition) is 5. The van der Waals surface area contributed by atoms with Gasteiger partial charge in [-0.05, 0) is 22.0 Å². The Morgan fingerprint density at radius 1 is 1.59 bits per heavy atom. The van der Waals surface area contributed by atoms with Gasteiger partial charge in [-0.2, -0.15) is 0 Å². The molecule has 0 saturated heterocycles. The molecule has 0 amide bonds. The van der Waals surface area contributed by atoms with Crippen LogP contribution in [0.15, 0.2) is 22.1 Å². The Labute approximate surface area is 111 Å². The summed E-state index contributed by atoms with van der Waals surface area (Å²) in [5.74, 6) is 0.104. The lowest BCUT2D eigenvalue weighted by Crippen LogP contribution is -2.12. The maximum absolute atomic E-state index is 11.8. The molecular formula is C10H11BrN4OS. The summed E-state index contributed by atoms with van der Waals surface area (Å²) in [5, 5.41) is 9.63. The number of aromatic nitrogens is 3. The fourth-order valence-corrected chi connectivity index (χ4v) is 2.87. The molecule has 0 aliphatic heterocycles. The largest absolute Gasteiger partial charge is 0.325 e. The predicted octanol–water partition coefficient (Wildman–Crippen LogP) is 1.37. The Balaban J connectivity index is 1.93. The van der Waals surface area contributed by atoms with Crippen LogP contribution < -0.4 is 5.73 Å². The fourth-order valence-electron chi connectivity index (χ4n) is 1.39. The minimum absolute atomic E-state index is 0.104. The zero-order valence-electron chi connectivity index (χ0n) is 8.97. The van der Waals surface area contributed by atoms with Gasteiger partial charge in [-0.1, -0.05) is 5.21 Å². The van der Waals surface area contributed by atoms with Crippen molar-refractivity contribution in [3.8, 4) is 0 Å². The van der Waals surface area contributed by atoms with Gasteiger partial charge in [0.1, 0.15) is 6.54 Å².